The maximum absolute atomic E-state index is 2.59. The molecule has 0 aromatic heterocycles. The molecule has 0 spiro atoms. The van der Waals surface area contributed by atoms with E-state index in [1.165, 1.54) is 54.3 Å². The number of rotatable bonds is 2. The number of likely N-dealkylation sites (tertiary alicyclic amines) is 1. The van der Waals surface area contributed by atoms with Crippen molar-refractivity contribution in [2.45, 2.75) is 52.0 Å². The van der Waals surface area contributed by atoms with E-state index in [4.69, 9.17) is 0 Å². The number of hydrogen-bond donors (Lipinski definition) is 0. The first-order chi connectivity index (χ1) is 10.0. The second-order valence-corrected chi connectivity index (χ2v) is 7.48. The summed E-state index contributed by atoms with van der Waals surface area (Å²) in [5, 5.41) is 2.74. The number of fused-ring (bicyclic) bond motifs is 1. The monoisotopic (exact) mass is 281 g/mol. The Morgan fingerprint density at radius 2 is 1.52 bits per heavy atom. The molecule has 0 bridgehead atoms. The topological polar surface area (TPSA) is 3.24 Å². The second kappa shape index (κ2) is 5.81. The lowest BCUT2D eigenvalue weighted by Gasteiger charge is -2.26. The van der Waals surface area contributed by atoms with Gasteiger partial charge in [-0.25, -0.2) is 0 Å². The lowest BCUT2D eigenvalue weighted by molar-refractivity contribution is 0.221. The van der Waals surface area contributed by atoms with E-state index in [0.29, 0.717) is 0 Å². The molecule has 0 N–H and O–H groups in total. The molecule has 1 aliphatic rings. The average Bonchev–Trinajstić information content (AvgIpc) is 2.47. The fraction of sp³-hybridized carbons (Fsp3) is 0.500. The van der Waals surface area contributed by atoms with Crippen LogP contribution in [0.3, 0.4) is 0 Å². The van der Waals surface area contributed by atoms with Gasteiger partial charge in [-0.15, -0.1) is 0 Å². The molecule has 1 saturated heterocycles. The minimum atomic E-state index is 0.223. The van der Waals surface area contributed by atoms with Crippen molar-refractivity contribution in [2.24, 2.45) is 0 Å². The van der Waals surface area contributed by atoms with Gasteiger partial charge in [-0.2, -0.15) is 0 Å². The van der Waals surface area contributed by atoms with Crippen molar-refractivity contribution in [1.82, 2.24) is 4.90 Å². The Hall–Kier alpha value is -1.34. The van der Waals surface area contributed by atoms with E-state index < -0.39 is 0 Å². The molecule has 0 radical (unpaired) electrons. The highest BCUT2D eigenvalue weighted by Crippen LogP contribution is 2.27. The molecule has 1 heterocycles. The van der Waals surface area contributed by atoms with Crippen LogP contribution in [0.5, 0.6) is 0 Å². The summed E-state index contributed by atoms with van der Waals surface area (Å²) in [6.07, 6.45) is 4.13. The highest BCUT2D eigenvalue weighted by atomic mass is 15.1. The van der Waals surface area contributed by atoms with Gasteiger partial charge in [-0.1, -0.05) is 57.5 Å². The van der Waals surface area contributed by atoms with Crippen LogP contribution in [0.4, 0.5) is 0 Å². The molecule has 112 valence electrons. The summed E-state index contributed by atoms with van der Waals surface area (Å²) in [5.41, 5.74) is 3.09. The highest BCUT2D eigenvalue weighted by molar-refractivity contribution is 5.84. The predicted molar refractivity (Wildman–Crippen MR) is 91.8 cm³/mol. The van der Waals surface area contributed by atoms with Crippen molar-refractivity contribution in [3.8, 4) is 0 Å². The third kappa shape index (κ3) is 3.47. The Kier molecular flexibility index (Phi) is 4.03. The van der Waals surface area contributed by atoms with E-state index in [2.05, 4.69) is 62.1 Å². The fourth-order valence-electron chi connectivity index (χ4n) is 3.24. The maximum atomic E-state index is 2.59. The van der Waals surface area contributed by atoms with Gasteiger partial charge in [0.1, 0.15) is 0 Å². The van der Waals surface area contributed by atoms with E-state index in [-0.39, 0.29) is 5.41 Å². The summed E-state index contributed by atoms with van der Waals surface area (Å²) in [6.45, 7) is 10.5. The van der Waals surface area contributed by atoms with E-state index >= 15 is 0 Å². The minimum Gasteiger partial charge on any atom is -0.299 e. The van der Waals surface area contributed by atoms with Gasteiger partial charge >= 0.3 is 0 Å². The van der Waals surface area contributed by atoms with Crippen LogP contribution in [-0.4, -0.2) is 18.0 Å². The van der Waals surface area contributed by atoms with E-state index in [1.54, 1.807) is 0 Å². The van der Waals surface area contributed by atoms with E-state index in [1.807, 2.05) is 0 Å². The van der Waals surface area contributed by atoms with Gasteiger partial charge in [-0.05, 0) is 59.3 Å². The summed E-state index contributed by atoms with van der Waals surface area (Å²) in [7, 11) is 0. The molecule has 1 fully saturated rings. The molecule has 3 rings (SSSR count). The zero-order valence-electron chi connectivity index (χ0n) is 13.7. The first-order valence-electron chi connectivity index (χ1n) is 8.28. The van der Waals surface area contributed by atoms with Crippen molar-refractivity contribution in [3.05, 3.63) is 47.5 Å². The quantitative estimate of drug-likeness (QED) is 0.738. The Balaban J connectivity index is 1.83. The average molecular weight is 281 g/mol. The smallest absolute Gasteiger partial charge is 0.0233 e. The summed E-state index contributed by atoms with van der Waals surface area (Å²) in [5.74, 6) is 0. The molecule has 1 aliphatic heterocycles. The Bertz CT molecular complexity index is 615. The van der Waals surface area contributed by atoms with Crippen molar-refractivity contribution in [3.63, 3.8) is 0 Å². The lowest BCUT2D eigenvalue weighted by atomic mass is 9.86. The summed E-state index contributed by atoms with van der Waals surface area (Å²) in [6, 6.07) is 13.9. The molecule has 0 atom stereocenters. The number of benzene rings is 2. The number of piperidine rings is 1. The lowest BCUT2D eigenvalue weighted by Crippen LogP contribution is -2.29. The van der Waals surface area contributed by atoms with Gasteiger partial charge < -0.3 is 0 Å². The van der Waals surface area contributed by atoms with Gasteiger partial charge in [0.2, 0.25) is 0 Å². The van der Waals surface area contributed by atoms with Crippen molar-refractivity contribution in [2.75, 3.05) is 13.1 Å². The Labute approximate surface area is 129 Å². The fourth-order valence-corrected chi connectivity index (χ4v) is 3.24. The van der Waals surface area contributed by atoms with Crippen LogP contribution in [0.1, 0.15) is 51.2 Å². The zero-order chi connectivity index (χ0) is 14.9. The van der Waals surface area contributed by atoms with Crippen LogP contribution in [-0.2, 0) is 12.0 Å². The maximum Gasteiger partial charge on any atom is 0.0233 e. The van der Waals surface area contributed by atoms with Crippen LogP contribution < -0.4 is 0 Å². The van der Waals surface area contributed by atoms with Crippen molar-refractivity contribution >= 4 is 10.8 Å². The molecule has 0 aliphatic carbocycles. The van der Waals surface area contributed by atoms with Crippen LogP contribution in [0, 0.1) is 0 Å². The molecule has 21 heavy (non-hydrogen) atoms. The molecule has 1 heteroatoms. The standard InChI is InChI=1S/C20H27N/c1-20(2,3)19-10-9-17-13-16(7-8-18(17)14-19)15-21-11-5-4-6-12-21/h7-10,13-14H,4-6,11-12,15H2,1-3H3. The van der Waals surface area contributed by atoms with Crippen LogP contribution in [0.25, 0.3) is 10.8 Å². The Morgan fingerprint density at radius 1 is 0.857 bits per heavy atom. The van der Waals surface area contributed by atoms with Crippen molar-refractivity contribution < 1.29 is 0 Å². The first kappa shape index (κ1) is 14.6. The van der Waals surface area contributed by atoms with Gasteiger partial charge in [-0.3, -0.25) is 4.90 Å². The zero-order valence-corrected chi connectivity index (χ0v) is 13.7. The van der Waals surface area contributed by atoms with E-state index in [0.717, 1.165) is 6.54 Å². The Morgan fingerprint density at radius 3 is 2.24 bits per heavy atom. The van der Waals surface area contributed by atoms with Crippen LogP contribution >= 0.6 is 0 Å². The molecule has 0 saturated carbocycles. The molecule has 0 amide bonds. The minimum absolute atomic E-state index is 0.223. The summed E-state index contributed by atoms with van der Waals surface area (Å²) < 4.78 is 0. The molecule has 2 aromatic carbocycles. The third-order valence-electron chi connectivity index (χ3n) is 4.63. The third-order valence-corrected chi connectivity index (χ3v) is 4.63. The SMILES string of the molecule is CC(C)(C)c1ccc2cc(CN3CCCCC3)ccc2c1. The molecule has 1 nitrogen and oxygen atoms in total. The van der Waals surface area contributed by atoms with Gasteiger partial charge in [0.25, 0.3) is 0 Å². The molecular weight excluding hydrogens is 254 g/mol. The van der Waals surface area contributed by atoms with Gasteiger partial charge in [0.05, 0.1) is 0 Å². The number of nitrogens with zero attached hydrogens (tertiary/aromatic N) is 1. The number of hydrogen-bond acceptors (Lipinski definition) is 1. The van der Waals surface area contributed by atoms with Crippen molar-refractivity contribution in [1.29, 1.82) is 0 Å². The first-order valence-corrected chi connectivity index (χ1v) is 8.28. The summed E-state index contributed by atoms with van der Waals surface area (Å²) >= 11 is 0. The van der Waals surface area contributed by atoms with Crippen LogP contribution in [0.2, 0.25) is 0 Å². The highest BCUT2D eigenvalue weighted by Gasteiger charge is 2.14. The normalized spacial score (nSPS) is 17.3. The van der Waals surface area contributed by atoms with Gasteiger partial charge in [0.15, 0.2) is 0 Å². The predicted octanol–water partition coefficient (Wildman–Crippen LogP) is 5.12. The molecular formula is C20H27N. The molecule has 2 aromatic rings. The second-order valence-electron chi connectivity index (χ2n) is 7.48. The molecule has 0 unspecified atom stereocenters. The van der Waals surface area contributed by atoms with E-state index in [9.17, 15) is 0 Å². The largest absolute Gasteiger partial charge is 0.299 e. The van der Waals surface area contributed by atoms with Crippen LogP contribution in [0.15, 0.2) is 36.4 Å². The summed E-state index contributed by atoms with van der Waals surface area (Å²) in [4.78, 5) is 2.59. The van der Waals surface area contributed by atoms with Gasteiger partial charge in [0, 0.05) is 6.54 Å².